The molecule has 1 saturated heterocycles. The summed E-state index contributed by atoms with van der Waals surface area (Å²) in [6, 6.07) is 4.72. The Balaban J connectivity index is 2.18. The van der Waals surface area contributed by atoms with Crippen LogP contribution in [-0.2, 0) is 0 Å². The van der Waals surface area contributed by atoms with E-state index >= 15 is 0 Å². The van der Waals surface area contributed by atoms with E-state index in [-0.39, 0.29) is 11.4 Å². The van der Waals surface area contributed by atoms with Crippen molar-refractivity contribution in [3.8, 4) is 6.07 Å². The minimum absolute atomic E-state index is 0.136. The first-order valence-electron chi connectivity index (χ1n) is 6.16. The zero-order valence-corrected chi connectivity index (χ0v) is 10.5. The molecule has 1 fully saturated rings. The van der Waals surface area contributed by atoms with Crippen LogP contribution in [0.2, 0.25) is 0 Å². The highest BCUT2D eigenvalue weighted by Crippen LogP contribution is 2.24. The van der Waals surface area contributed by atoms with Gasteiger partial charge >= 0.3 is 5.69 Å². The molecule has 2 rings (SSSR count). The van der Waals surface area contributed by atoms with E-state index in [0.717, 1.165) is 25.9 Å². The standard InChI is InChI=1S/C12H15N5O2/c13-7-9-3-5-16(6-4-9)12-2-1-11(17(18)19)10(8-14)15-12/h1-2,9H,3-7,13H2. The Morgan fingerprint density at radius 3 is 2.74 bits per heavy atom. The van der Waals surface area contributed by atoms with Gasteiger partial charge in [0.1, 0.15) is 11.9 Å². The number of hydrogen-bond donors (Lipinski definition) is 1. The van der Waals surface area contributed by atoms with Crippen LogP contribution in [0.15, 0.2) is 12.1 Å². The Bertz CT molecular complexity index is 517. The largest absolute Gasteiger partial charge is 0.357 e. The molecule has 0 bridgehead atoms. The molecule has 0 unspecified atom stereocenters. The summed E-state index contributed by atoms with van der Waals surface area (Å²) in [6.07, 6.45) is 1.97. The molecule has 1 aliphatic heterocycles. The van der Waals surface area contributed by atoms with E-state index in [9.17, 15) is 10.1 Å². The second-order valence-corrected chi connectivity index (χ2v) is 4.57. The third kappa shape index (κ3) is 2.80. The molecule has 2 N–H and O–H groups in total. The number of rotatable bonds is 3. The minimum atomic E-state index is -0.587. The van der Waals surface area contributed by atoms with E-state index in [4.69, 9.17) is 11.0 Å². The topological polar surface area (TPSA) is 109 Å². The van der Waals surface area contributed by atoms with Crippen molar-refractivity contribution in [2.75, 3.05) is 24.5 Å². The molecule has 100 valence electrons. The van der Waals surface area contributed by atoms with E-state index < -0.39 is 4.92 Å². The maximum atomic E-state index is 10.7. The molecule has 0 radical (unpaired) electrons. The van der Waals surface area contributed by atoms with Gasteiger partial charge in [-0.2, -0.15) is 5.26 Å². The molecule has 7 nitrogen and oxygen atoms in total. The molecule has 1 aromatic heterocycles. The van der Waals surface area contributed by atoms with Gasteiger partial charge in [-0.15, -0.1) is 0 Å². The predicted octanol–water partition coefficient (Wildman–Crippen LogP) is 1.04. The van der Waals surface area contributed by atoms with Gasteiger partial charge in [-0.05, 0) is 31.4 Å². The van der Waals surface area contributed by atoms with E-state index in [2.05, 4.69) is 4.98 Å². The van der Waals surface area contributed by atoms with Crippen LogP contribution in [0.3, 0.4) is 0 Å². The Hall–Kier alpha value is -2.20. The number of nitriles is 1. The van der Waals surface area contributed by atoms with Gasteiger partial charge < -0.3 is 10.6 Å². The molecule has 19 heavy (non-hydrogen) atoms. The van der Waals surface area contributed by atoms with Gasteiger partial charge in [-0.1, -0.05) is 0 Å². The van der Waals surface area contributed by atoms with Crippen molar-refractivity contribution in [1.29, 1.82) is 5.26 Å². The van der Waals surface area contributed by atoms with Gasteiger partial charge in [0.25, 0.3) is 0 Å². The normalized spacial score (nSPS) is 16.1. The lowest BCUT2D eigenvalue weighted by atomic mass is 9.97. The zero-order chi connectivity index (χ0) is 13.8. The smallest absolute Gasteiger partial charge is 0.305 e. The average molecular weight is 261 g/mol. The minimum Gasteiger partial charge on any atom is -0.357 e. The highest BCUT2D eigenvalue weighted by molar-refractivity contribution is 5.51. The highest BCUT2D eigenvalue weighted by Gasteiger charge is 2.22. The van der Waals surface area contributed by atoms with Gasteiger partial charge in [0.05, 0.1) is 4.92 Å². The van der Waals surface area contributed by atoms with Crippen LogP contribution in [0.4, 0.5) is 11.5 Å². The van der Waals surface area contributed by atoms with Crippen molar-refractivity contribution in [3.63, 3.8) is 0 Å². The lowest BCUT2D eigenvalue weighted by Gasteiger charge is -2.32. The van der Waals surface area contributed by atoms with Crippen molar-refractivity contribution < 1.29 is 4.92 Å². The lowest BCUT2D eigenvalue weighted by molar-refractivity contribution is -0.385. The number of pyridine rings is 1. The highest BCUT2D eigenvalue weighted by atomic mass is 16.6. The Labute approximate surface area is 110 Å². The number of nitrogens with two attached hydrogens (primary N) is 1. The fourth-order valence-corrected chi connectivity index (χ4v) is 2.24. The third-order valence-corrected chi connectivity index (χ3v) is 3.43. The first kappa shape index (κ1) is 13.2. The lowest BCUT2D eigenvalue weighted by Crippen LogP contribution is -2.36. The third-order valence-electron chi connectivity index (χ3n) is 3.43. The summed E-state index contributed by atoms with van der Waals surface area (Å²) in [7, 11) is 0. The number of nitrogens with zero attached hydrogens (tertiary/aromatic N) is 4. The number of nitro groups is 1. The molecule has 0 saturated carbocycles. The van der Waals surface area contributed by atoms with Gasteiger partial charge in [0, 0.05) is 19.2 Å². The maximum absolute atomic E-state index is 10.7. The van der Waals surface area contributed by atoms with Gasteiger partial charge in [0.2, 0.25) is 5.69 Å². The van der Waals surface area contributed by atoms with Crippen LogP contribution >= 0.6 is 0 Å². The molecule has 0 aliphatic carbocycles. The van der Waals surface area contributed by atoms with Crippen molar-refractivity contribution in [1.82, 2.24) is 4.98 Å². The summed E-state index contributed by atoms with van der Waals surface area (Å²) < 4.78 is 0. The van der Waals surface area contributed by atoms with E-state index in [1.54, 1.807) is 12.1 Å². The molecule has 2 heterocycles. The van der Waals surface area contributed by atoms with Crippen molar-refractivity contribution >= 4 is 11.5 Å². The summed E-state index contributed by atoms with van der Waals surface area (Å²) in [6.45, 7) is 2.32. The molecule has 0 aromatic carbocycles. The summed E-state index contributed by atoms with van der Waals surface area (Å²) in [5, 5.41) is 19.7. The number of piperidine rings is 1. The van der Waals surface area contributed by atoms with E-state index in [1.807, 2.05) is 4.90 Å². The number of aromatic nitrogens is 1. The van der Waals surface area contributed by atoms with E-state index in [1.165, 1.54) is 6.07 Å². The van der Waals surface area contributed by atoms with E-state index in [0.29, 0.717) is 18.3 Å². The zero-order valence-electron chi connectivity index (χ0n) is 10.5. The van der Waals surface area contributed by atoms with Gasteiger partial charge in [-0.25, -0.2) is 4.98 Å². The molecular formula is C12H15N5O2. The number of anilines is 1. The fraction of sp³-hybridized carbons (Fsp3) is 0.500. The van der Waals surface area contributed by atoms with Crippen molar-refractivity contribution in [3.05, 3.63) is 27.9 Å². The summed E-state index contributed by atoms with van der Waals surface area (Å²) >= 11 is 0. The first-order valence-corrected chi connectivity index (χ1v) is 6.16. The Morgan fingerprint density at radius 2 is 2.21 bits per heavy atom. The van der Waals surface area contributed by atoms with Crippen LogP contribution in [0.5, 0.6) is 0 Å². The molecule has 1 aliphatic rings. The predicted molar refractivity (Wildman–Crippen MR) is 69.6 cm³/mol. The number of hydrogen-bond acceptors (Lipinski definition) is 6. The van der Waals surface area contributed by atoms with Crippen molar-refractivity contribution in [2.45, 2.75) is 12.8 Å². The molecule has 0 amide bonds. The average Bonchev–Trinajstić information content (AvgIpc) is 2.46. The van der Waals surface area contributed by atoms with Crippen LogP contribution in [0, 0.1) is 27.4 Å². The molecular weight excluding hydrogens is 246 g/mol. The monoisotopic (exact) mass is 261 g/mol. The molecule has 0 spiro atoms. The molecule has 0 atom stereocenters. The van der Waals surface area contributed by atoms with Gasteiger partial charge in [-0.3, -0.25) is 10.1 Å². The first-order chi connectivity index (χ1) is 9.15. The van der Waals surface area contributed by atoms with Crippen LogP contribution in [0.25, 0.3) is 0 Å². The van der Waals surface area contributed by atoms with Crippen LogP contribution in [-0.4, -0.2) is 29.5 Å². The molecule has 1 aromatic rings. The fourth-order valence-electron chi connectivity index (χ4n) is 2.24. The summed E-state index contributed by atoms with van der Waals surface area (Å²) in [4.78, 5) is 16.3. The quantitative estimate of drug-likeness (QED) is 0.643. The SMILES string of the molecule is N#Cc1nc(N2CCC(CN)CC2)ccc1[N+](=O)[O-]. The maximum Gasteiger partial charge on any atom is 0.305 e. The van der Waals surface area contributed by atoms with Gasteiger partial charge in [0.15, 0.2) is 0 Å². The summed E-state index contributed by atoms with van der Waals surface area (Å²) in [5.41, 5.74) is 5.25. The Morgan fingerprint density at radius 1 is 1.53 bits per heavy atom. The Kier molecular flexibility index (Phi) is 3.92. The van der Waals surface area contributed by atoms with Crippen LogP contribution < -0.4 is 10.6 Å². The van der Waals surface area contributed by atoms with Crippen LogP contribution in [0.1, 0.15) is 18.5 Å². The second-order valence-electron chi connectivity index (χ2n) is 4.57. The molecule has 7 heteroatoms. The van der Waals surface area contributed by atoms with Crippen molar-refractivity contribution in [2.24, 2.45) is 11.7 Å². The second kappa shape index (κ2) is 5.63. The summed E-state index contributed by atoms with van der Waals surface area (Å²) in [5.74, 6) is 1.15.